The highest BCUT2D eigenvalue weighted by Crippen LogP contribution is 2.28. The second-order valence-corrected chi connectivity index (χ2v) is 8.08. The van der Waals surface area contributed by atoms with Gasteiger partial charge in [0.1, 0.15) is 0 Å². The number of halogens is 1. The minimum Gasteiger partial charge on any atom is -0.318 e. The fourth-order valence-corrected chi connectivity index (χ4v) is 3.86. The van der Waals surface area contributed by atoms with Gasteiger partial charge in [-0.25, -0.2) is 0 Å². The van der Waals surface area contributed by atoms with Crippen LogP contribution in [0.15, 0.2) is 71.3 Å². The lowest BCUT2D eigenvalue weighted by atomic mass is 10.1. The molecule has 0 N–H and O–H groups in total. The van der Waals surface area contributed by atoms with Gasteiger partial charge in [-0.2, -0.15) is 10.1 Å². The fourth-order valence-electron chi connectivity index (χ4n) is 3.51. The summed E-state index contributed by atoms with van der Waals surface area (Å²) in [7, 11) is 0. The van der Waals surface area contributed by atoms with Crippen molar-refractivity contribution >= 4 is 46.0 Å². The first kappa shape index (κ1) is 18.7. The molecule has 0 saturated carbocycles. The van der Waals surface area contributed by atoms with Crippen LogP contribution in [0, 0.1) is 17.4 Å². The number of para-hydroxylation sites is 1. The third-order valence-corrected chi connectivity index (χ3v) is 5.64. The zero-order chi connectivity index (χ0) is 19.8. The van der Waals surface area contributed by atoms with Crippen molar-refractivity contribution in [3.8, 4) is 5.69 Å². The molecular weight excluding hydrogens is 461 g/mol. The van der Waals surface area contributed by atoms with Crippen LogP contribution >= 0.6 is 22.6 Å². The smallest absolute Gasteiger partial charge is 0.280 e. The van der Waals surface area contributed by atoms with Crippen LogP contribution in [0.3, 0.4) is 0 Å². The molecule has 0 radical (unpaired) electrons. The highest BCUT2D eigenvalue weighted by molar-refractivity contribution is 14.1. The topological polar surface area (TPSA) is 37.6 Å². The molecule has 5 heteroatoms. The van der Waals surface area contributed by atoms with Crippen molar-refractivity contribution in [1.29, 1.82) is 0 Å². The van der Waals surface area contributed by atoms with Crippen LogP contribution < -0.4 is 5.01 Å². The summed E-state index contributed by atoms with van der Waals surface area (Å²) in [5.74, 6) is -0.0947. The summed E-state index contributed by atoms with van der Waals surface area (Å²) in [6.07, 6.45) is 1.95. The summed E-state index contributed by atoms with van der Waals surface area (Å²) in [5.41, 5.74) is 6.52. The van der Waals surface area contributed by atoms with Crippen LogP contribution in [0.5, 0.6) is 0 Å². The van der Waals surface area contributed by atoms with E-state index in [9.17, 15) is 4.79 Å². The van der Waals surface area contributed by atoms with Crippen molar-refractivity contribution in [2.45, 2.75) is 20.8 Å². The molecule has 1 aliphatic heterocycles. The highest BCUT2D eigenvalue weighted by atomic mass is 127. The molecule has 1 aliphatic rings. The van der Waals surface area contributed by atoms with Crippen LogP contribution in [0.25, 0.3) is 11.8 Å². The molecule has 0 saturated heterocycles. The predicted molar refractivity (Wildman–Crippen MR) is 123 cm³/mol. The van der Waals surface area contributed by atoms with Gasteiger partial charge in [-0.15, -0.1) is 0 Å². The van der Waals surface area contributed by atoms with E-state index >= 15 is 0 Å². The molecule has 28 heavy (non-hydrogen) atoms. The molecule has 0 spiro atoms. The van der Waals surface area contributed by atoms with E-state index in [0.29, 0.717) is 5.57 Å². The molecule has 0 bridgehead atoms. The van der Waals surface area contributed by atoms with Gasteiger partial charge in [0.2, 0.25) is 0 Å². The van der Waals surface area contributed by atoms with Gasteiger partial charge >= 0.3 is 0 Å². The van der Waals surface area contributed by atoms with Gasteiger partial charge < -0.3 is 4.57 Å². The van der Waals surface area contributed by atoms with Crippen molar-refractivity contribution in [1.82, 2.24) is 4.57 Å². The summed E-state index contributed by atoms with van der Waals surface area (Å²) in [6, 6.07) is 20.1. The number of aryl methyl sites for hydroxylation is 1. The van der Waals surface area contributed by atoms with E-state index < -0.39 is 0 Å². The van der Waals surface area contributed by atoms with Crippen molar-refractivity contribution in [2.24, 2.45) is 5.10 Å². The number of rotatable bonds is 3. The monoisotopic (exact) mass is 481 g/mol. The minimum atomic E-state index is -0.0947. The molecule has 0 atom stereocenters. The van der Waals surface area contributed by atoms with Crippen molar-refractivity contribution < 1.29 is 4.79 Å². The largest absolute Gasteiger partial charge is 0.318 e. The molecule has 4 rings (SSSR count). The molecule has 0 unspecified atom stereocenters. The average Bonchev–Trinajstić information content (AvgIpc) is 3.13. The normalized spacial score (nSPS) is 15.4. The fraction of sp³-hybridized carbons (Fsp3) is 0.130. The summed E-state index contributed by atoms with van der Waals surface area (Å²) < 4.78 is 3.42. The molecular formula is C23H20IN3O. The summed E-state index contributed by atoms with van der Waals surface area (Å²) >= 11 is 2.31. The standard InChI is InChI=1S/C23H20IN3O/c1-15-13-18(17(3)26(15)20-11-9-19(24)10-12-20)14-22-16(2)25-27(23(22)28)21-7-5-4-6-8-21/h4-14H,1-3H3/b22-14+. The number of carbonyl (C=O) groups excluding carboxylic acids is 1. The molecule has 2 aromatic carbocycles. The number of aromatic nitrogens is 1. The van der Waals surface area contributed by atoms with Crippen molar-refractivity contribution in [2.75, 3.05) is 5.01 Å². The first-order valence-electron chi connectivity index (χ1n) is 9.07. The highest BCUT2D eigenvalue weighted by Gasteiger charge is 2.29. The molecule has 1 amide bonds. The number of hydrogen-bond donors (Lipinski definition) is 0. The van der Waals surface area contributed by atoms with Crippen LogP contribution in [-0.2, 0) is 4.79 Å². The lowest BCUT2D eigenvalue weighted by molar-refractivity contribution is -0.114. The summed E-state index contributed by atoms with van der Waals surface area (Å²) in [6.45, 7) is 6.05. The summed E-state index contributed by atoms with van der Waals surface area (Å²) in [5, 5.41) is 5.94. The minimum absolute atomic E-state index is 0.0947. The SMILES string of the molecule is CC1=NN(c2ccccc2)C(=O)/C1=C/c1cc(C)n(-c2ccc(I)cc2)c1C. The third kappa shape index (κ3) is 3.30. The number of hydrazone groups is 1. The number of hydrogen-bond acceptors (Lipinski definition) is 2. The first-order chi connectivity index (χ1) is 13.5. The Morgan fingerprint density at radius 1 is 0.929 bits per heavy atom. The lowest BCUT2D eigenvalue weighted by Crippen LogP contribution is -2.21. The Balaban J connectivity index is 1.72. The van der Waals surface area contributed by atoms with Crippen LogP contribution in [0.2, 0.25) is 0 Å². The van der Waals surface area contributed by atoms with Crippen LogP contribution in [0.1, 0.15) is 23.9 Å². The van der Waals surface area contributed by atoms with Gasteiger partial charge in [-0.1, -0.05) is 18.2 Å². The summed E-state index contributed by atoms with van der Waals surface area (Å²) in [4.78, 5) is 13.0. The number of amides is 1. The van der Waals surface area contributed by atoms with Gasteiger partial charge in [0.05, 0.1) is 17.0 Å². The maximum atomic E-state index is 13.0. The van der Waals surface area contributed by atoms with Gasteiger partial charge in [0, 0.05) is 20.6 Å². The van der Waals surface area contributed by atoms with Gasteiger partial charge in [-0.3, -0.25) is 4.79 Å². The average molecular weight is 481 g/mol. The molecule has 1 aromatic heterocycles. The quantitative estimate of drug-likeness (QED) is 0.360. The molecule has 0 fully saturated rings. The molecule has 0 aliphatic carbocycles. The van der Waals surface area contributed by atoms with Crippen LogP contribution in [0.4, 0.5) is 5.69 Å². The zero-order valence-electron chi connectivity index (χ0n) is 16.0. The third-order valence-electron chi connectivity index (χ3n) is 4.92. The maximum absolute atomic E-state index is 13.0. The number of nitrogens with zero attached hydrogens (tertiary/aromatic N) is 3. The van der Waals surface area contributed by atoms with Crippen molar-refractivity contribution in [3.05, 3.63) is 86.8 Å². The van der Waals surface area contributed by atoms with Gasteiger partial charge in [-0.05, 0) is 97.5 Å². The van der Waals surface area contributed by atoms with Gasteiger partial charge in [0.15, 0.2) is 0 Å². The Labute approximate surface area is 178 Å². The van der Waals surface area contributed by atoms with E-state index in [0.717, 1.165) is 34.0 Å². The second kappa shape index (κ2) is 7.39. The molecule has 3 aromatic rings. The van der Waals surface area contributed by atoms with E-state index in [1.54, 1.807) is 0 Å². The Kier molecular flexibility index (Phi) is 4.93. The van der Waals surface area contributed by atoms with Gasteiger partial charge in [0.25, 0.3) is 5.91 Å². The van der Waals surface area contributed by atoms with E-state index in [-0.39, 0.29) is 5.91 Å². The predicted octanol–water partition coefficient (Wildman–Crippen LogP) is 5.50. The van der Waals surface area contributed by atoms with Crippen molar-refractivity contribution in [3.63, 3.8) is 0 Å². The second-order valence-electron chi connectivity index (χ2n) is 6.83. The van der Waals surface area contributed by atoms with Crippen LogP contribution in [-0.4, -0.2) is 16.2 Å². The lowest BCUT2D eigenvalue weighted by Gasteiger charge is -2.11. The maximum Gasteiger partial charge on any atom is 0.280 e. The number of carbonyl (C=O) groups is 1. The molecule has 140 valence electrons. The number of anilines is 1. The molecule has 4 nitrogen and oxygen atoms in total. The Hall–Kier alpha value is -2.67. The van der Waals surface area contributed by atoms with E-state index in [1.807, 2.05) is 43.3 Å². The Morgan fingerprint density at radius 3 is 2.29 bits per heavy atom. The first-order valence-corrected chi connectivity index (χ1v) is 10.2. The molecule has 2 heterocycles. The van der Waals surface area contributed by atoms with E-state index in [1.165, 1.54) is 8.58 Å². The van der Waals surface area contributed by atoms with E-state index in [2.05, 4.69) is 76.4 Å². The van der Waals surface area contributed by atoms with E-state index in [4.69, 9.17) is 0 Å². The Morgan fingerprint density at radius 2 is 1.61 bits per heavy atom. The zero-order valence-corrected chi connectivity index (χ0v) is 18.1. The number of benzene rings is 2. The Bertz CT molecular complexity index is 1110.